The normalized spacial score (nSPS) is 14.8. The molecule has 1 unspecified atom stereocenters. The van der Waals surface area contributed by atoms with Crippen molar-refractivity contribution in [1.82, 2.24) is 14.9 Å². The Morgan fingerprint density at radius 3 is 2.59 bits per heavy atom. The molecule has 3 aromatic rings. The molecule has 10 heteroatoms. The molecule has 2 aromatic heterocycles. The molecule has 1 aliphatic carbocycles. The number of nitrogens with zero attached hydrogens (tertiary/aromatic N) is 2. The standard InChI is InChI=1S/C27H33N3O6S/c1-16-22-25(37-23(16)27(33)36-19-8-6-5-7-9-19)29-15-30(26(22)32)17(2)24(31)28-13-12-18-10-11-20(34-3)21(14-18)35-4/h10-11,14-15,17,19H,5-9,12-13H2,1-4H3,(H,28,31). The smallest absolute Gasteiger partial charge is 0.348 e. The van der Waals surface area contributed by atoms with E-state index < -0.39 is 12.0 Å². The maximum absolute atomic E-state index is 13.3. The van der Waals surface area contributed by atoms with Gasteiger partial charge in [0.15, 0.2) is 11.5 Å². The third-order valence-electron chi connectivity index (χ3n) is 6.84. The minimum atomic E-state index is -0.772. The van der Waals surface area contributed by atoms with Gasteiger partial charge in [0.05, 0.1) is 25.9 Å². The van der Waals surface area contributed by atoms with Gasteiger partial charge >= 0.3 is 5.97 Å². The number of carbonyl (C=O) groups is 2. The second-order valence-electron chi connectivity index (χ2n) is 9.26. The van der Waals surface area contributed by atoms with Crippen molar-refractivity contribution in [2.75, 3.05) is 20.8 Å². The van der Waals surface area contributed by atoms with Crippen LogP contribution in [0.5, 0.6) is 11.5 Å². The summed E-state index contributed by atoms with van der Waals surface area (Å²) in [4.78, 5) is 44.2. The number of hydrogen-bond donors (Lipinski definition) is 1. The summed E-state index contributed by atoms with van der Waals surface area (Å²) >= 11 is 1.16. The number of methoxy groups -OCH3 is 2. The maximum Gasteiger partial charge on any atom is 0.348 e. The number of nitrogens with one attached hydrogen (secondary N) is 1. The summed E-state index contributed by atoms with van der Waals surface area (Å²) in [6, 6.07) is 4.83. The van der Waals surface area contributed by atoms with Crippen molar-refractivity contribution in [3.8, 4) is 11.5 Å². The van der Waals surface area contributed by atoms with Gasteiger partial charge < -0.3 is 19.5 Å². The molecule has 0 spiro atoms. The first kappa shape index (κ1) is 26.7. The van der Waals surface area contributed by atoms with E-state index in [4.69, 9.17) is 14.2 Å². The molecular weight excluding hydrogens is 494 g/mol. The van der Waals surface area contributed by atoms with Crippen LogP contribution in [0.4, 0.5) is 0 Å². The lowest BCUT2D eigenvalue weighted by Gasteiger charge is -2.21. The van der Waals surface area contributed by atoms with Gasteiger partial charge in [0, 0.05) is 6.54 Å². The van der Waals surface area contributed by atoms with Gasteiger partial charge in [-0.15, -0.1) is 11.3 Å². The zero-order valence-electron chi connectivity index (χ0n) is 21.7. The van der Waals surface area contributed by atoms with Crippen LogP contribution in [0, 0.1) is 6.92 Å². The number of aromatic nitrogens is 2. The van der Waals surface area contributed by atoms with Crippen LogP contribution in [0.25, 0.3) is 10.2 Å². The van der Waals surface area contributed by atoms with Crippen LogP contribution in [0.15, 0.2) is 29.3 Å². The molecule has 4 rings (SSSR count). The fraction of sp³-hybridized carbons (Fsp3) is 0.481. The first-order valence-electron chi connectivity index (χ1n) is 12.5. The molecule has 1 atom stereocenters. The summed E-state index contributed by atoms with van der Waals surface area (Å²) < 4.78 is 17.6. The van der Waals surface area contributed by atoms with Crippen LogP contribution in [0.2, 0.25) is 0 Å². The largest absolute Gasteiger partial charge is 0.493 e. The summed E-state index contributed by atoms with van der Waals surface area (Å²) in [6.45, 7) is 3.77. The van der Waals surface area contributed by atoms with Crippen LogP contribution >= 0.6 is 11.3 Å². The number of carbonyl (C=O) groups excluding carboxylic acids is 2. The molecule has 1 N–H and O–H groups in total. The van der Waals surface area contributed by atoms with E-state index in [9.17, 15) is 14.4 Å². The van der Waals surface area contributed by atoms with E-state index in [1.54, 1.807) is 28.1 Å². The summed E-state index contributed by atoms with van der Waals surface area (Å²) in [5.74, 6) is 0.562. The van der Waals surface area contributed by atoms with Gasteiger partial charge in [0.2, 0.25) is 5.91 Å². The highest BCUT2D eigenvalue weighted by Crippen LogP contribution is 2.30. The van der Waals surface area contributed by atoms with E-state index in [-0.39, 0.29) is 17.6 Å². The molecule has 1 amide bonds. The Kier molecular flexibility index (Phi) is 8.48. The quantitative estimate of drug-likeness (QED) is 0.416. The third kappa shape index (κ3) is 5.79. The predicted molar refractivity (Wildman–Crippen MR) is 142 cm³/mol. The number of ether oxygens (including phenoxy) is 3. The molecule has 1 saturated carbocycles. The summed E-state index contributed by atoms with van der Waals surface area (Å²) in [7, 11) is 3.15. The molecule has 198 valence electrons. The molecule has 0 radical (unpaired) electrons. The molecule has 1 aliphatic rings. The first-order chi connectivity index (χ1) is 17.8. The second-order valence-corrected chi connectivity index (χ2v) is 10.3. The fourth-order valence-electron chi connectivity index (χ4n) is 4.64. The van der Waals surface area contributed by atoms with Gasteiger partial charge in [-0.1, -0.05) is 12.5 Å². The van der Waals surface area contributed by atoms with Crippen molar-refractivity contribution in [1.29, 1.82) is 0 Å². The molecule has 0 saturated heterocycles. The van der Waals surface area contributed by atoms with Gasteiger partial charge in [-0.25, -0.2) is 9.78 Å². The minimum absolute atomic E-state index is 0.0711. The zero-order chi connectivity index (χ0) is 26.5. The molecule has 37 heavy (non-hydrogen) atoms. The Morgan fingerprint density at radius 2 is 1.89 bits per heavy atom. The number of fused-ring (bicyclic) bond motifs is 1. The average molecular weight is 528 g/mol. The Balaban J connectivity index is 1.44. The van der Waals surface area contributed by atoms with Crippen LogP contribution in [0.3, 0.4) is 0 Å². The molecule has 0 aliphatic heterocycles. The van der Waals surface area contributed by atoms with Crippen molar-refractivity contribution >= 4 is 33.4 Å². The Hall–Kier alpha value is -3.40. The van der Waals surface area contributed by atoms with Crippen molar-refractivity contribution in [2.24, 2.45) is 0 Å². The van der Waals surface area contributed by atoms with Gasteiger partial charge in [-0.05, 0) is 69.2 Å². The van der Waals surface area contributed by atoms with E-state index in [2.05, 4.69) is 10.3 Å². The van der Waals surface area contributed by atoms with Crippen LogP contribution in [-0.4, -0.2) is 48.3 Å². The number of thiophene rings is 1. The van der Waals surface area contributed by atoms with E-state index in [0.29, 0.717) is 45.1 Å². The van der Waals surface area contributed by atoms with E-state index >= 15 is 0 Å². The number of aryl methyl sites for hydroxylation is 1. The summed E-state index contributed by atoms with van der Waals surface area (Å²) in [5.41, 5.74) is 1.18. The predicted octanol–water partition coefficient (Wildman–Crippen LogP) is 4.19. The number of esters is 1. The monoisotopic (exact) mass is 527 g/mol. The van der Waals surface area contributed by atoms with Gasteiger partial charge in [0.25, 0.3) is 5.56 Å². The van der Waals surface area contributed by atoms with E-state index in [0.717, 1.165) is 42.6 Å². The van der Waals surface area contributed by atoms with E-state index in [1.165, 1.54) is 17.3 Å². The molecule has 2 heterocycles. The topological polar surface area (TPSA) is 109 Å². The molecule has 1 aromatic carbocycles. The van der Waals surface area contributed by atoms with Gasteiger partial charge in [-0.3, -0.25) is 14.2 Å². The van der Waals surface area contributed by atoms with E-state index in [1.807, 2.05) is 18.2 Å². The van der Waals surface area contributed by atoms with Gasteiger partial charge in [0.1, 0.15) is 21.9 Å². The number of benzene rings is 1. The van der Waals surface area contributed by atoms with Crippen molar-refractivity contribution in [2.45, 2.75) is 64.5 Å². The van der Waals surface area contributed by atoms with Gasteiger partial charge in [-0.2, -0.15) is 0 Å². The van der Waals surface area contributed by atoms with Crippen LogP contribution in [-0.2, 0) is 16.0 Å². The zero-order valence-corrected chi connectivity index (χ0v) is 22.5. The second kappa shape index (κ2) is 11.8. The number of rotatable bonds is 9. The number of amides is 1. The summed E-state index contributed by atoms with van der Waals surface area (Å²) in [5, 5.41) is 3.24. The SMILES string of the molecule is COc1ccc(CCNC(=O)C(C)n2cnc3sc(C(=O)OC4CCCCC4)c(C)c3c2=O)cc1OC. The maximum atomic E-state index is 13.3. The Bertz CT molecular complexity index is 1340. The molecular formula is C27H33N3O6S. The lowest BCUT2D eigenvalue weighted by molar-refractivity contribution is -0.123. The summed E-state index contributed by atoms with van der Waals surface area (Å²) in [6.07, 6.45) is 6.92. The Labute approximate surface area is 219 Å². The minimum Gasteiger partial charge on any atom is -0.493 e. The third-order valence-corrected chi connectivity index (χ3v) is 8.02. The Morgan fingerprint density at radius 1 is 1.16 bits per heavy atom. The average Bonchev–Trinajstić information content (AvgIpc) is 3.26. The molecule has 9 nitrogen and oxygen atoms in total. The molecule has 0 bridgehead atoms. The molecule has 1 fully saturated rings. The number of hydrogen-bond acceptors (Lipinski definition) is 8. The highest BCUT2D eigenvalue weighted by molar-refractivity contribution is 7.20. The van der Waals surface area contributed by atoms with Crippen LogP contribution in [0.1, 0.15) is 65.9 Å². The highest BCUT2D eigenvalue weighted by Gasteiger charge is 2.26. The van der Waals surface area contributed by atoms with Crippen molar-refractivity contribution in [3.05, 3.63) is 50.9 Å². The van der Waals surface area contributed by atoms with Crippen molar-refractivity contribution in [3.63, 3.8) is 0 Å². The lowest BCUT2D eigenvalue weighted by Crippen LogP contribution is -2.36. The highest BCUT2D eigenvalue weighted by atomic mass is 32.1. The first-order valence-corrected chi connectivity index (χ1v) is 13.4. The fourth-order valence-corrected chi connectivity index (χ4v) is 5.66. The van der Waals surface area contributed by atoms with Crippen molar-refractivity contribution < 1.29 is 23.8 Å². The van der Waals surface area contributed by atoms with Crippen LogP contribution < -0.4 is 20.3 Å². The lowest BCUT2D eigenvalue weighted by atomic mass is 9.98.